The molecule has 196 valence electrons. The summed E-state index contributed by atoms with van der Waals surface area (Å²) in [4.78, 5) is 19.4. The number of nitrogens with one attached hydrogen (secondary N) is 1. The Bertz CT molecular complexity index is 1110. The second kappa shape index (κ2) is 12.6. The van der Waals surface area contributed by atoms with Crippen molar-refractivity contribution >= 4 is 17.2 Å². The number of ether oxygens (including phenoxy) is 3. The summed E-state index contributed by atoms with van der Waals surface area (Å²) in [5.74, 6) is 1.51. The van der Waals surface area contributed by atoms with E-state index in [-0.39, 0.29) is 30.8 Å². The molecule has 0 aliphatic carbocycles. The lowest BCUT2D eigenvalue weighted by Crippen LogP contribution is -2.55. The molecule has 2 aromatic carbocycles. The van der Waals surface area contributed by atoms with E-state index in [0.717, 1.165) is 34.9 Å². The number of hydrogen-bond acceptors (Lipinski definition) is 8. The third-order valence-electron chi connectivity index (χ3n) is 6.71. The molecule has 2 fully saturated rings. The highest BCUT2D eigenvalue weighted by atomic mass is 32.1. The highest BCUT2D eigenvalue weighted by Gasteiger charge is 2.38. The molecule has 0 unspecified atom stereocenters. The van der Waals surface area contributed by atoms with Crippen LogP contribution in [-0.2, 0) is 27.4 Å². The van der Waals surface area contributed by atoms with Crippen LogP contribution < -0.4 is 10.1 Å². The van der Waals surface area contributed by atoms with Crippen LogP contribution in [0.3, 0.4) is 0 Å². The van der Waals surface area contributed by atoms with Gasteiger partial charge in [0, 0.05) is 30.7 Å². The van der Waals surface area contributed by atoms with E-state index >= 15 is 0 Å². The Morgan fingerprint density at radius 1 is 1.11 bits per heavy atom. The largest absolute Gasteiger partial charge is 0.457 e. The predicted molar refractivity (Wildman–Crippen MR) is 140 cm³/mol. The quantitative estimate of drug-likeness (QED) is 0.465. The van der Waals surface area contributed by atoms with Gasteiger partial charge in [0.05, 0.1) is 44.5 Å². The molecule has 2 saturated heterocycles. The monoisotopic (exact) mass is 523 g/mol. The third-order valence-corrected chi connectivity index (χ3v) is 7.48. The molecule has 5 rings (SSSR count). The maximum Gasteiger partial charge on any atom is 0.222 e. The van der Waals surface area contributed by atoms with E-state index in [9.17, 15) is 9.90 Å². The summed E-state index contributed by atoms with van der Waals surface area (Å²) in [6.45, 7) is 2.34. The molecule has 3 heterocycles. The number of aliphatic hydroxyl groups is 1. The summed E-state index contributed by atoms with van der Waals surface area (Å²) in [5.41, 5.74) is 1.00. The first-order valence-electron chi connectivity index (χ1n) is 12.7. The molecular weight excluding hydrogens is 490 g/mol. The van der Waals surface area contributed by atoms with Crippen LogP contribution in [0.25, 0.3) is 0 Å². The Morgan fingerprint density at radius 3 is 2.70 bits per heavy atom. The Kier molecular flexibility index (Phi) is 8.80. The molecule has 9 heteroatoms. The number of aromatic nitrogens is 1. The zero-order valence-corrected chi connectivity index (χ0v) is 21.5. The number of fused-ring (bicyclic) bond motifs is 1. The summed E-state index contributed by atoms with van der Waals surface area (Å²) >= 11 is 1.62. The van der Waals surface area contributed by atoms with Gasteiger partial charge in [-0.05, 0) is 42.7 Å². The van der Waals surface area contributed by atoms with Crippen molar-refractivity contribution < 1.29 is 24.1 Å². The smallest absolute Gasteiger partial charge is 0.222 e. The molecule has 2 aliphatic heterocycles. The molecular formula is C28H33N3O5S. The summed E-state index contributed by atoms with van der Waals surface area (Å²) in [5, 5.41) is 16.3. The minimum Gasteiger partial charge on any atom is -0.457 e. The van der Waals surface area contributed by atoms with Gasteiger partial charge in [-0.3, -0.25) is 9.69 Å². The Morgan fingerprint density at radius 2 is 1.92 bits per heavy atom. The number of nitrogens with zero attached hydrogens (tertiary/aromatic N) is 2. The number of amides is 1. The molecule has 37 heavy (non-hydrogen) atoms. The first kappa shape index (κ1) is 25.8. The number of hydrogen-bond donors (Lipinski definition) is 2. The van der Waals surface area contributed by atoms with Gasteiger partial charge >= 0.3 is 0 Å². The van der Waals surface area contributed by atoms with Crippen LogP contribution in [0.1, 0.15) is 29.8 Å². The van der Waals surface area contributed by atoms with Crippen LogP contribution in [0, 0.1) is 0 Å². The zero-order chi connectivity index (χ0) is 25.5. The second-order valence-corrected chi connectivity index (χ2v) is 10.5. The van der Waals surface area contributed by atoms with Crippen LogP contribution in [-0.4, -0.2) is 65.0 Å². The first-order valence-corrected chi connectivity index (χ1v) is 13.6. The molecule has 8 nitrogen and oxygen atoms in total. The Labute approximate surface area is 221 Å². The summed E-state index contributed by atoms with van der Waals surface area (Å²) in [6.07, 6.45) is 2.95. The first-order chi connectivity index (χ1) is 18.1. The molecule has 0 saturated carbocycles. The lowest BCUT2D eigenvalue weighted by molar-refractivity contribution is -0.158. The van der Waals surface area contributed by atoms with Crippen molar-refractivity contribution in [3.8, 4) is 11.5 Å². The van der Waals surface area contributed by atoms with E-state index in [2.05, 4.69) is 15.2 Å². The van der Waals surface area contributed by atoms with Crippen LogP contribution in [0.5, 0.6) is 11.5 Å². The van der Waals surface area contributed by atoms with E-state index in [1.165, 1.54) is 0 Å². The normalized spacial score (nSPS) is 24.5. The van der Waals surface area contributed by atoms with Gasteiger partial charge in [0.1, 0.15) is 16.5 Å². The number of thiazole rings is 1. The lowest BCUT2D eigenvalue weighted by Gasteiger charge is -2.44. The van der Waals surface area contributed by atoms with Crippen molar-refractivity contribution in [2.45, 2.75) is 56.7 Å². The third kappa shape index (κ3) is 7.37. The van der Waals surface area contributed by atoms with Crippen molar-refractivity contribution in [2.75, 3.05) is 19.8 Å². The van der Waals surface area contributed by atoms with Gasteiger partial charge < -0.3 is 24.6 Å². The van der Waals surface area contributed by atoms with E-state index in [0.29, 0.717) is 32.7 Å². The number of aliphatic hydroxyl groups excluding tert-OH is 1. The maximum absolute atomic E-state index is 12.7. The van der Waals surface area contributed by atoms with Gasteiger partial charge in [-0.2, -0.15) is 0 Å². The average Bonchev–Trinajstić information content (AvgIpc) is 3.41. The average molecular weight is 524 g/mol. The fourth-order valence-corrected chi connectivity index (χ4v) is 5.55. The molecule has 1 aromatic heterocycles. The molecule has 2 N–H and O–H groups in total. The van der Waals surface area contributed by atoms with Crippen LogP contribution >= 0.6 is 11.3 Å². The van der Waals surface area contributed by atoms with Crippen molar-refractivity contribution in [3.63, 3.8) is 0 Å². The molecule has 3 aromatic rings. The zero-order valence-electron chi connectivity index (χ0n) is 20.7. The predicted octanol–water partition coefficient (Wildman–Crippen LogP) is 3.75. The summed E-state index contributed by atoms with van der Waals surface area (Å²) in [6, 6.07) is 17.5. The van der Waals surface area contributed by atoms with Gasteiger partial charge in [-0.15, -0.1) is 11.3 Å². The van der Waals surface area contributed by atoms with Crippen molar-refractivity contribution in [1.82, 2.24) is 15.2 Å². The number of β-amino-alcohol motifs (C(OH)–C–C–N with tert-alkyl or cyclic N) is 1. The molecule has 4 atom stereocenters. The fourth-order valence-electron chi connectivity index (χ4n) is 4.91. The molecule has 0 spiro atoms. The number of rotatable bonds is 8. The summed E-state index contributed by atoms with van der Waals surface area (Å²) < 4.78 is 17.9. The molecule has 2 aliphatic rings. The lowest BCUT2D eigenvalue weighted by atomic mass is 9.94. The van der Waals surface area contributed by atoms with Gasteiger partial charge in [0.25, 0.3) is 0 Å². The SMILES string of the molecule is O=C(C[C@@H]1CC[C@H]2[C@@H](COC[C@@H](O)CN2Cc2nccs2)O1)NCc1ccc(Oc2ccccc2)cc1. The minimum absolute atomic E-state index is 0.0325. The Hall–Kier alpha value is -2.82. The highest BCUT2D eigenvalue weighted by molar-refractivity contribution is 7.09. The number of carbonyl (C=O) groups excluding carboxylic acids is 1. The van der Waals surface area contributed by atoms with Crippen molar-refractivity contribution in [3.05, 3.63) is 76.7 Å². The van der Waals surface area contributed by atoms with Gasteiger partial charge in [0.2, 0.25) is 5.91 Å². The van der Waals surface area contributed by atoms with E-state index in [1.807, 2.05) is 60.0 Å². The van der Waals surface area contributed by atoms with E-state index < -0.39 is 6.10 Å². The molecule has 1 amide bonds. The van der Waals surface area contributed by atoms with Gasteiger partial charge in [-0.25, -0.2) is 4.98 Å². The topological polar surface area (TPSA) is 93.2 Å². The van der Waals surface area contributed by atoms with E-state index in [4.69, 9.17) is 14.2 Å². The van der Waals surface area contributed by atoms with Gasteiger partial charge in [0.15, 0.2) is 0 Å². The van der Waals surface area contributed by atoms with E-state index in [1.54, 1.807) is 17.5 Å². The number of benzene rings is 2. The number of para-hydroxylation sites is 1. The van der Waals surface area contributed by atoms with Crippen LogP contribution in [0.4, 0.5) is 0 Å². The Balaban J connectivity index is 1.10. The highest BCUT2D eigenvalue weighted by Crippen LogP contribution is 2.29. The maximum atomic E-state index is 12.7. The van der Waals surface area contributed by atoms with Gasteiger partial charge in [-0.1, -0.05) is 30.3 Å². The second-order valence-electron chi connectivity index (χ2n) is 9.53. The van der Waals surface area contributed by atoms with Crippen molar-refractivity contribution in [2.24, 2.45) is 0 Å². The standard InChI is InChI=1S/C28H33N3O5S/c32-21-16-31(17-28-29-12-13-37-28)25-11-10-24(36-26(25)19-34-18-21)14-27(33)30-15-20-6-8-23(9-7-20)35-22-4-2-1-3-5-22/h1-9,12-13,21,24-26,32H,10-11,14-19H2,(H,30,33)/t21-,24-,25-,26+/m0/s1. The number of carbonyl (C=O) groups is 1. The van der Waals surface area contributed by atoms with Crippen LogP contribution in [0.2, 0.25) is 0 Å². The van der Waals surface area contributed by atoms with Crippen molar-refractivity contribution in [1.29, 1.82) is 0 Å². The molecule has 0 radical (unpaired) electrons. The summed E-state index contributed by atoms with van der Waals surface area (Å²) in [7, 11) is 0. The minimum atomic E-state index is -0.539. The fraction of sp³-hybridized carbons (Fsp3) is 0.429. The molecule has 0 bridgehead atoms. The van der Waals surface area contributed by atoms with Crippen LogP contribution in [0.15, 0.2) is 66.2 Å².